The molecular weight excluding hydrogens is 161 g/mol. The first-order valence-electron chi connectivity index (χ1n) is 3.90. The summed E-state index contributed by atoms with van der Waals surface area (Å²) in [5.74, 6) is -2.41. The van der Waals surface area contributed by atoms with Gasteiger partial charge in [-0.2, -0.15) is 4.39 Å². The molecule has 1 aliphatic heterocycles. The summed E-state index contributed by atoms with van der Waals surface area (Å²) in [6.07, 6.45) is 1.41. The van der Waals surface area contributed by atoms with E-state index in [1.165, 1.54) is 0 Å². The quantitative estimate of drug-likeness (QED) is 0.602. The van der Waals surface area contributed by atoms with Gasteiger partial charge in [0.1, 0.15) is 0 Å². The van der Waals surface area contributed by atoms with Gasteiger partial charge in [-0.1, -0.05) is 0 Å². The molecule has 0 aromatic carbocycles. The minimum absolute atomic E-state index is 0.413. The zero-order chi connectivity index (χ0) is 9.14. The number of hydrogen-bond acceptors (Lipinski definition) is 2. The van der Waals surface area contributed by atoms with Crippen LogP contribution in [0.4, 0.5) is 4.39 Å². The first-order valence-corrected chi connectivity index (χ1v) is 3.90. The fourth-order valence-electron chi connectivity index (χ4n) is 1.38. The van der Waals surface area contributed by atoms with Gasteiger partial charge in [0.25, 0.3) is 0 Å². The van der Waals surface area contributed by atoms with Gasteiger partial charge < -0.3 is 10.0 Å². The predicted octanol–water partition coefficient (Wildman–Crippen LogP) is 1.02. The van der Waals surface area contributed by atoms with Crippen LogP contribution in [0.3, 0.4) is 0 Å². The summed E-state index contributed by atoms with van der Waals surface area (Å²) in [7, 11) is 1.86. The lowest BCUT2D eigenvalue weighted by molar-refractivity contribution is -0.134. The number of hydrogen-bond donors (Lipinski definition) is 1. The van der Waals surface area contributed by atoms with Gasteiger partial charge in [-0.25, -0.2) is 4.79 Å². The molecule has 0 amide bonds. The van der Waals surface area contributed by atoms with Gasteiger partial charge in [0.15, 0.2) is 0 Å². The molecule has 0 spiro atoms. The third-order valence-electron chi connectivity index (χ3n) is 1.98. The van der Waals surface area contributed by atoms with Crippen LogP contribution >= 0.6 is 0 Å². The number of nitrogens with zero attached hydrogens (tertiary/aromatic N) is 1. The van der Waals surface area contributed by atoms with Crippen molar-refractivity contribution in [2.75, 3.05) is 20.1 Å². The zero-order valence-electron chi connectivity index (χ0n) is 7.01. The summed E-state index contributed by atoms with van der Waals surface area (Å²) in [5, 5.41) is 8.37. The smallest absolute Gasteiger partial charge is 0.364 e. The zero-order valence-corrected chi connectivity index (χ0v) is 7.01. The monoisotopic (exact) mass is 173 g/mol. The Hall–Kier alpha value is -0.900. The van der Waals surface area contributed by atoms with Gasteiger partial charge in [-0.3, -0.25) is 0 Å². The van der Waals surface area contributed by atoms with Crippen LogP contribution in [0.15, 0.2) is 11.4 Å². The van der Waals surface area contributed by atoms with Gasteiger partial charge in [0, 0.05) is 6.54 Å². The normalized spacial score (nSPS) is 23.8. The maximum absolute atomic E-state index is 12.8. The summed E-state index contributed by atoms with van der Waals surface area (Å²) in [4.78, 5) is 12.2. The Morgan fingerprint density at radius 1 is 1.67 bits per heavy atom. The van der Waals surface area contributed by atoms with E-state index in [0.717, 1.165) is 13.0 Å². The summed E-state index contributed by atoms with van der Waals surface area (Å²) in [6, 6.07) is 0. The van der Waals surface area contributed by atoms with Crippen LogP contribution in [-0.2, 0) is 4.79 Å². The Balaban J connectivity index is 2.72. The molecule has 0 saturated carbocycles. The maximum Gasteiger partial charge on any atom is 0.364 e. The highest BCUT2D eigenvalue weighted by atomic mass is 19.1. The summed E-state index contributed by atoms with van der Waals surface area (Å²) >= 11 is 0. The van der Waals surface area contributed by atoms with Crippen molar-refractivity contribution < 1.29 is 14.3 Å². The van der Waals surface area contributed by atoms with E-state index >= 15 is 0 Å². The number of carbonyl (C=O) groups is 1. The highest BCUT2D eigenvalue weighted by molar-refractivity contribution is 5.85. The van der Waals surface area contributed by atoms with Crippen LogP contribution in [0.2, 0.25) is 0 Å². The van der Waals surface area contributed by atoms with Gasteiger partial charge in [0.2, 0.25) is 5.83 Å². The van der Waals surface area contributed by atoms with E-state index in [1.807, 2.05) is 11.9 Å². The number of rotatable bonds is 1. The van der Waals surface area contributed by atoms with E-state index in [2.05, 4.69) is 0 Å². The molecule has 12 heavy (non-hydrogen) atoms. The van der Waals surface area contributed by atoms with Gasteiger partial charge in [-0.05, 0) is 32.0 Å². The minimum atomic E-state index is -1.44. The van der Waals surface area contributed by atoms with Crippen molar-refractivity contribution in [1.29, 1.82) is 0 Å². The molecule has 0 unspecified atom stereocenters. The Morgan fingerprint density at radius 3 is 2.83 bits per heavy atom. The average Bonchev–Trinajstić information content (AvgIpc) is 2.03. The Kier molecular flexibility index (Phi) is 2.81. The number of halogens is 1. The first kappa shape index (κ1) is 9.19. The Morgan fingerprint density at radius 2 is 2.33 bits per heavy atom. The highest BCUT2D eigenvalue weighted by Crippen LogP contribution is 2.18. The lowest BCUT2D eigenvalue weighted by atomic mass is 10.0. The second kappa shape index (κ2) is 3.67. The minimum Gasteiger partial charge on any atom is -0.476 e. The molecule has 1 N–H and O–H groups in total. The molecule has 0 radical (unpaired) electrons. The molecule has 3 nitrogen and oxygen atoms in total. The number of carboxylic acid groups (broad SMARTS) is 1. The number of likely N-dealkylation sites (N-methyl/N-ethyl adjacent to an activating group) is 1. The van der Waals surface area contributed by atoms with Crippen LogP contribution < -0.4 is 0 Å². The SMILES string of the molecule is CN1CCC/C(=C(/F)C(=O)O)C1. The molecule has 1 heterocycles. The van der Waals surface area contributed by atoms with Crippen molar-refractivity contribution in [2.45, 2.75) is 12.8 Å². The second-order valence-corrected chi connectivity index (χ2v) is 3.06. The van der Waals surface area contributed by atoms with Gasteiger partial charge >= 0.3 is 5.97 Å². The lowest BCUT2D eigenvalue weighted by Gasteiger charge is -2.24. The molecule has 0 aliphatic carbocycles. The number of carboxylic acids is 1. The third kappa shape index (κ3) is 2.04. The molecule has 1 fully saturated rings. The largest absolute Gasteiger partial charge is 0.476 e. The van der Waals surface area contributed by atoms with Gasteiger partial charge in [-0.15, -0.1) is 0 Å². The topological polar surface area (TPSA) is 40.5 Å². The first-order chi connectivity index (χ1) is 5.61. The summed E-state index contributed by atoms with van der Waals surface area (Å²) < 4.78 is 12.8. The van der Waals surface area contributed by atoms with E-state index in [0.29, 0.717) is 18.5 Å². The molecule has 0 aromatic rings. The summed E-state index contributed by atoms with van der Waals surface area (Å²) in [5.41, 5.74) is 0.413. The maximum atomic E-state index is 12.8. The molecule has 4 heteroatoms. The third-order valence-corrected chi connectivity index (χ3v) is 1.98. The fourth-order valence-corrected chi connectivity index (χ4v) is 1.38. The molecule has 68 valence electrons. The molecule has 0 aromatic heterocycles. The van der Waals surface area contributed by atoms with E-state index in [1.54, 1.807) is 0 Å². The van der Waals surface area contributed by atoms with Crippen LogP contribution in [0.1, 0.15) is 12.8 Å². The van der Waals surface area contributed by atoms with E-state index < -0.39 is 11.8 Å². The molecular formula is C8H12FNO2. The van der Waals surface area contributed by atoms with Crippen LogP contribution in [0.5, 0.6) is 0 Å². The standard InChI is InChI=1S/C8H12FNO2/c1-10-4-2-3-6(5-10)7(9)8(11)12/h2-5H2,1H3,(H,11,12)/b7-6-. The fraction of sp³-hybridized carbons (Fsp3) is 0.625. The van der Waals surface area contributed by atoms with Crippen molar-refractivity contribution in [3.8, 4) is 0 Å². The molecule has 1 rings (SSSR count). The Bertz CT molecular complexity index is 225. The van der Waals surface area contributed by atoms with Crippen molar-refractivity contribution >= 4 is 5.97 Å². The highest BCUT2D eigenvalue weighted by Gasteiger charge is 2.18. The van der Waals surface area contributed by atoms with E-state index in [4.69, 9.17) is 5.11 Å². The van der Waals surface area contributed by atoms with Crippen LogP contribution in [0, 0.1) is 0 Å². The van der Waals surface area contributed by atoms with Crippen molar-refractivity contribution in [2.24, 2.45) is 0 Å². The van der Waals surface area contributed by atoms with E-state index in [-0.39, 0.29) is 0 Å². The number of likely N-dealkylation sites (tertiary alicyclic amines) is 1. The number of aliphatic carboxylic acids is 1. The van der Waals surface area contributed by atoms with Crippen molar-refractivity contribution in [3.63, 3.8) is 0 Å². The van der Waals surface area contributed by atoms with E-state index in [9.17, 15) is 9.18 Å². The second-order valence-electron chi connectivity index (χ2n) is 3.06. The van der Waals surface area contributed by atoms with Crippen LogP contribution in [0.25, 0.3) is 0 Å². The molecule has 1 aliphatic rings. The Labute approximate surface area is 70.5 Å². The molecule has 0 atom stereocenters. The van der Waals surface area contributed by atoms with Crippen molar-refractivity contribution in [3.05, 3.63) is 11.4 Å². The number of piperidine rings is 1. The van der Waals surface area contributed by atoms with Gasteiger partial charge in [0.05, 0.1) is 0 Å². The molecule has 1 saturated heterocycles. The lowest BCUT2D eigenvalue weighted by Crippen LogP contribution is -2.28. The predicted molar refractivity (Wildman–Crippen MR) is 42.5 cm³/mol. The average molecular weight is 173 g/mol. The molecule has 0 bridgehead atoms. The van der Waals surface area contributed by atoms with Crippen LogP contribution in [-0.4, -0.2) is 36.1 Å². The van der Waals surface area contributed by atoms with Crippen molar-refractivity contribution in [1.82, 2.24) is 4.90 Å². The summed E-state index contributed by atoms with van der Waals surface area (Å²) in [6.45, 7) is 1.36.